The van der Waals surface area contributed by atoms with Crippen LogP contribution in [0.4, 0.5) is 0 Å². The minimum Gasteiger partial charge on any atom is -0.460 e. The van der Waals surface area contributed by atoms with Crippen LogP contribution in [0.15, 0.2) is 23.8 Å². The molecule has 0 aromatic rings. The molecule has 0 unspecified atom stereocenters. The van der Waals surface area contributed by atoms with Gasteiger partial charge in [0.15, 0.2) is 0 Å². The molecule has 3 aliphatic rings. The van der Waals surface area contributed by atoms with E-state index in [9.17, 15) is 4.79 Å². The van der Waals surface area contributed by atoms with Crippen molar-refractivity contribution in [2.75, 3.05) is 13.7 Å². The van der Waals surface area contributed by atoms with Gasteiger partial charge in [-0.2, -0.15) is 0 Å². The first kappa shape index (κ1) is 34.3. The zero-order valence-electron chi connectivity index (χ0n) is 27.2. The van der Waals surface area contributed by atoms with Crippen molar-refractivity contribution in [3.05, 3.63) is 23.8 Å². The summed E-state index contributed by atoms with van der Waals surface area (Å²) in [6, 6.07) is 0. The number of allylic oxidation sites excluding steroid dienone is 3. The molecule has 3 rings (SSSR count). The molecule has 5 nitrogen and oxygen atoms in total. The molecule has 0 aromatic carbocycles. The van der Waals surface area contributed by atoms with Crippen LogP contribution in [0.3, 0.4) is 0 Å². The van der Waals surface area contributed by atoms with Crippen LogP contribution < -0.4 is 0 Å². The molecule has 1 aliphatic carbocycles. The molecule has 6 atom stereocenters. The SMILES string of the molecule is CCCCCC=CCCCCCCCCCCCCC(=O)O[C@@H]1CC[C@]2(CO2)[C@@H]([C@@]2(C)O[C@@H]2CC=C(C)C)[C@@H]1OC. The predicted molar refractivity (Wildman–Crippen MR) is 168 cm³/mol. The molecule has 1 saturated carbocycles. The van der Waals surface area contributed by atoms with E-state index in [1.807, 2.05) is 0 Å². The Bertz CT molecular complexity index is 811. The van der Waals surface area contributed by atoms with E-state index in [1.54, 1.807) is 7.11 Å². The first-order valence-corrected chi connectivity index (χ1v) is 17.2. The fraction of sp³-hybridized carbons (Fsp3) is 0.861. The van der Waals surface area contributed by atoms with Gasteiger partial charge in [-0.3, -0.25) is 4.79 Å². The molecule has 5 heteroatoms. The summed E-state index contributed by atoms with van der Waals surface area (Å²) in [5.41, 5.74) is 0.837. The first-order chi connectivity index (χ1) is 19.9. The summed E-state index contributed by atoms with van der Waals surface area (Å²) in [6.07, 6.45) is 29.0. The Labute approximate surface area is 252 Å². The van der Waals surface area contributed by atoms with Crippen LogP contribution in [-0.4, -0.2) is 49.2 Å². The second kappa shape index (κ2) is 17.8. The van der Waals surface area contributed by atoms with Gasteiger partial charge in [-0.05, 0) is 72.1 Å². The molecule has 3 fully saturated rings. The van der Waals surface area contributed by atoms with Gasteiger partial charge < -0.3 is 18.9 Å². The molecule has 41 heavy (non-hydrogen) atoms. The molecule has 0 radical (unpaired) electrons. The summed E-state index contributed by atoms with van der Waals surface area (Å²) in [5.74, 6) is 0.00139. The van der Waals surface area contributed by atoms with Gasteiger partial charge in [-0.25, -0.2) is 0 Å². The van der Waals surface area contributed by atoms with Crippen molar-refractivity contribution < 1.29 is 23.7 Å². The Morgan fingerprint density at radius 3 is 2.05 bits per heavy atom. The predicted octanol–water partition coefficient (Wildman–Crippen LogP) is 9.42. The van der Waals surface area contributed by atoms with E-state index in [0.717, 1.165) is 38.7 Å². The number of esters is 1. The standard InChI is InChI=1S/C36H62O5/c1-6-7-8-9-10-11-12-13-14-15-16-17-18-19-20-21-22-23-32(37)40-30-26-27-36(28-39-36)34(33(30)38-5)35(4)31(41-35)25-24-29(2)3/h10-11,24,30-31,33-34H,6-9,12-23,25-28H2,1-5H3/t30-,31-,33-,34-,35+,36+/m1/s1. The largest absolute Gasteiger partial charge is 0.460 e. The lowest BCUT2D eigenvalue weighted by Crippen LogP contribution is -2.55. The molecular formula is C36H62O5. The highest BCUT2D eigenvalue weighted by Gasteiger charge is 2.72. The first-order valence-electron chi connectivity index (χ1n) is 17.2. The molecule has 0 aromatic heterocycles. The van der Waals surface area contributed by atoms with Crippen molar-refractivity contribution >= 4 is 5.97 Å². The molecule has 236 valence electrons. The normalized spacial score (nSPS) is 30.6. The molecule has 0 bridgehead atoms. The molecule has 2 heterocycles. The Hall–Kier alpha value is -1.17. The van der Waals surface area contributed by atoms with Gasteiger partial charge in [0.2, 0.25) is 0 Å². The highest BCUT2D eigenvalue weighted by Crippen LogP contribution is 2.59. The maximum atomic E-state index is 12.8. The third-order valence-corrected chi connectivity index (χ3v) is 9.66. The van der Waals surface area contributed by atoms with Crippen molar-refractivity contribution in [1.82, 2.24) is 0 Å². The van der Waals surface area contributed by atoms with E-state index >= 15 is 0 Å². The Morgan fingerprint density at radius 1 is 0.902 bits per heavy atom. The average Bonchev–Trinajstić information content (AvgIpc) is 3.87. The second-order valence-corrected chi connectivity index (χ2v) is 13.4. The number of methoxy groups -OCH3 is 1. The van der Waals surface area contributed by atoms with Crippen LogP contribution >= 0.6 is 0 Å². The summed E-state index contributed by atoms with van der Waals surface area (Å²) in [4.78, 5) is 12.8. The van der Waals surface area contributed by atoms with Crippen molar-refractivity contribution in [3.63, 3.8) is 0 Å². The number of hydrogen-bond donors (Lipinski definition) is 0. The van der Waals surface area contributed by atoms with E-state index in [-0.39, 0.29) is 41.4 Å². The highest BCUT2D eigenvalue weighted by atomic mass is 16.6. The van der Waals surface area contributed by atoms with Gasteiger partial charge in [-0.15, -0.1) is 0 Å². The lowest BCUT2D eigenvalue weighted by molar-refractivity contribution is -0.172. The maximum Gasteiger partial charge on any atom is 0.306 e. The number of epoxide rings is 2. The summed E-state index contributed by atoms with van der Waals surface area (Å²) in [6.45, 7) is 9.45. The van der Waals surface area contributed by atoms with E-state index in [4.69, 9.17) is 18.9 Å². The summed E-state index contributed by atoms with van der Waals surface area (Å²) >= 11 is 0. The fourth-order valence-corrected chi connectivity index (χ4v) is 6.99. The number of unbranched alkanes of at least 4 members (excludes halogenated alkanes) is 13. The van der Waals surface area contributed by atoms with Gasteiger partial charge in [0.05, 0.1) is 18.6 Å². The van der Waals surface area contributed by atoms with Crippen LogP contribution in [0.5, 0.6) is 0 Å². The van der Waals surface area contributed by atoms with Crippen LogP contribution in [0.1, 0.15) is 150 Å². The van der Waals surface area contributed by atoms with Crippen molar-refractivity contribution in [3.8, 4) is 0 Å². The van der Waals surface area contributed by atoms with Gasteiger partial charge in [0.25, 0.3) is 0 Å². The highest BCUT2D eigenvalue weighted by molar-refractivity contribution is 5.69. The van der Waals surface area contributed by atoms with Gasteiger partial charge >= 0.3 is 5.97 Å². The number of ether oxygens (including phenoxy) is 4. The van der Waals surface area contributed by atoms with E-state index in [1.165, 1.54) is 89.0 Å². The number of hydrogen-bond acceptors (Lipinski definition) is 5. The minimum atomic E-state index is -0.293. The molecule has 2 aliphatic heterocycles. The minimum absolute atomic E-state index is 0.0813. The van der Waals surface area contributed by atoms with Gasteiger partial charge in [-0.1, -0.05) is 94.9 Å². The monoisotopic (exact) mass is 574 g/mol. The third kappa shape index (κ3) is 11.1. The van der Waals surface area contributed by atoms with Crippen molar-refractivity contribution in [1.29, 1.82) is 0 Å². The Kier molecular flexibility index (Phi) is 14.9. The fourth-order valence-electron chi connectivity index (χ4n) is 6.99. The van der Waals surface area contributed by atoms with Crippen LogP contribution in [-0.2, 0) is 23.7 Å². The zero-order valence-corrected chi connectivity index (χ0v) is 27.2. The third-order valence-electron chi connectivity index (χ3n) is 9.66. The number of carbonyl (C=O) groups is 1. The second-order valence-electron chi connectivity index (χ2n) is 13.4. The zero-order chi connectivity index (χ0) is 29.6. The number of rotatable bonds is 22. The van der Waals surface area contributed by atoms with Crippen molar-refractivity contribution in [2.45, 2.75) is 179 Å². The van der Waals surface area contributed by atoms with Crippen molar-refractivity contribution in [2.24, 2.45) is 5.92 Å². The van der Waals surface area contributed by atoms with Crippen LogP contribution in [0.25, 0.3) is 0 Å². The number of carbonyl (C=O) groups excluding carboxylic acids is 1. The quantitative estimate of drug-likeness (QED) is 0.0558. The topological polar surface area (TPSA) is 60.6 Å². The van der Waals surface area contributed by atoms with E-state index < -0.39 is 0 Å². The van der Waals surface area contributed by atoms with E-state index in [0.29, 0.717) is 6.42 Å². The maximum absolute atomic E-state index is 12.8. The molecule has 1 spiro atoms. The van der Waals surface area contributed by atoms with Gasteiger partial charge in [0.1, 0.15) is 23.4 Å². The average molecular weight is 575 g/mol. The van der Waals surface area contributed by atoms with Crippen LogP contribution in [0, 0.1) is 5.92 Å². The van der Waals surface area contributed by atoms with Crippen LogP contribution in [0.2, 0.25) is 0 Å². The summed E-state index contributed by atoms with van der Waals surface area (Å²) in [5, 5.41) is 0. The Morgan fingerprint density at radius 2 is 1.49 bits per heavy atom. The summed E-state index contributed by atoms with van der Waals surface area (Å²) < 4.78 is 24.4. The van der Waals surface area contributed by atoms with E-state index in [2.05, 4.69) is 45.9 Å². The Balaban J connectivity index is 1.23. The lowest BCUT2D eigenvalue weighted by atomic mass is 9.68. The molecule has 0 amide bonds. The molecule has 0 N–H and O–H groups in total. The molecular weight excluding hydrogens is 512 g/mol. The smallest absolute Gasteiger partial charge is 0.306 e. The lowest BCUT2D eigenvalue weighted by Gasteiger charge is -2.42. The summed E-state index contributed by atoms with van der Waals surface area (Å²) in [7, 11) is 1.74. The van der Waals surface area contributed by atoms with Gasteiger partial charge in [0, 0.05) is 13.5 Å². The molecule has 2 saturated heterocycles.